The predicted octanol–water partition coefficient (Wildman–Crippen LogP) is 37.2. The Balaban J connectivity index is 0.000000103. The predicted molar refractivity (Wildman–Crippen MR) is 614 cm³/mol. The van der Waals surface area contributed by atoms with Crippen molar-refractivity contribution < 1.29 is 4.42 Å². The Hall–Kier alpha value is -17.3. The lowest BCUT2D eigenvalue weighted by Gasteiger charge is -2.13. The summed E-state index contributed by atoms with van der Waals surface area (Å²) in [5, 5.41) is 29.7. The standard InChI is InChI=1S/C50H29ClN4S.C44H24ClN3S2.C34H18ClN3O/c51-48-50(52-43-40(31-17-4-1-5-18-31)44(32-19-6-2-7-20-32)54(49(43)53-48)33-21-8-3-9-22-33)55-39-27-15-14-26-37(39)41-35-24-12-13-25-36(35)42-38-29-28-30-16-10-11-23-34(30)46(38)56-47(42)45(41)55;45-42-43(47-44-37(46-42)34(26-14-3-1-4-15-26)39(50-44)27-16-5-2-6-17-27)48-33-22-12-11-21-31(33)35-29-19-9-10-20-30(29)36-32-24-23-25-13-7-8-18-28(25)40(32)49-41(36)38(35)48;35-33-34(37-26-15-7-6-14-25(26)36-33)38-27-16-8-5-13-23(27)28-21-11-3-4-12-22(21)29-24-18-17-19-9-1-2-10-20(19)31(24)39-32(29)30(28)38/h1-29H;1-24H;1-18H. The Morgan fingerprint density at radius 3 is 1.10 bits per heavy atom. The number of halogens is 3. The first-order chi connectivity index (χ1) is 71.8. The van der Waals surface area contributed by atoms with Gasteiger partial charge in [0.25, 0.3) is 0 Å². The van der Waals surface area contributed by atoms with E-state index in [1.54, 1.807) is 11.3 Å². The van der Waals surface area contributed by atoms with Crippen molar-refractivity contribution in [1.29, 1.82) is 0 Å². The minimum Gasteiger partial charge on any atom is -0.453 e. The molecule has 11 aromatic heterocycles. The van der Waals surface area contributed by atoms with E-state index < -0.39 is 0 Å². The summed E-state index contributed by atoms with van der Waals surface area (Å²) in [6.07, 6.45) is 0. The summed E-state index contributed by atoms with van der Waals surface area (Å²) in [5.74, 6) is 1.83. The van der Waals surface area contributed by atoms with Crippen LogP contribution in [-0.2, 0) is 0 Å². The van der Waals surface area contributed by atoms with Crippen LogP contribution in [0.3, 0.4) is 0 Å². The van der Waals surface area contributed by atoms with Crippen molar-refractivity contribution in [3.63, 3.8) is 0 Å². The number of para-hydroxylation sites is 6. The Morgan fingerprint density at radius 2 is 0.586 bits per heavy atom. The van der Waals surface area contributed by atoms with Gasteiger partial charge in [0.2, 0.25) is 0 Å². The number of furan rings is 1. The maximum atomic E-state index is 7.53. The van der Waals surface area contributed by atoms with Crippen LogP contribution in [0.25, 0.3) is 292 Å². The van der Waals surface area contributed by atoms with Gasteiger partial charge in [-0.25, -0.2) is 29.9 Å². The first-order valence-corrected chi connectivity index (χ1v) is 51.7. The molecule has 0 aliphatic heterocycles. The van der Waals surface area contributed by atoms with Crippen molar-refractivity contribution >= 4 is 294 Å². The second-order valence-electron chi connectivity index (χ2n) is 36.8. The van der Waals surface area contributed by atoms with E-state index in [4.69, 9.17) is 69.1 Å². The SMILES string of the molecule is Clc1nc2c(-c3ccccc3)c(-c3ccccc3)sc2nc1-n1c2ccccc2c2c3ccccc3c3c4ccc5ccccc5c4sc3c21.Clc1nc2c(nc1-n1c3ccccc3c3c4ccccc4c4c5ccc6ccccc6c5sc4c31)c(-c1ccccc1)c(-c1ccccc1)n2-c1ccccc1.Clc1nc2ccccc2nc1-n1c2ccccc2c2c3ccccc3c3c4ccc5ccccc5c4oc3c21. The molecule has 145 heavy (non-hydrogen) atoms. The number of fused-ring (bicyclic) bond motifs is 39. The van der Waals surface area contributed by atoms with E-state index in [1.807, 2.05) is 71.2 Å². The average Bonchev–Trinajstić information content (AvgIpc) is 1.53. The third-order valence-corrected chi connectivity index (χ3v) is 33.3. The van der Waals surface area contributed by atoms with Crippen molar-refractivity contribution in [2.75, 3.05) is 0 Å². The largest absolute Gasteiger partial charge is 0.453 e. The molecule has 0 N–H and O–H groups in total. The van der Waals surface area contributed by atoms with Crippen LogP contribution < -0.4 is 0 Å². The molecule has 0 unspecified atom stereocenters. The van der Waals surface area contributed by atoms with Crippen LogP contribution >= 0.6 is 68.8 Å². The highest BCUT2D eigenvalue weighted by molar-refractivity contribution is 7.28. The fourth-order valence-corrected chi connectivity index (χ4v) is 27.5. The molecule has 0 saturated heterocycles. The molecule has 0 saturated carbocycles. The Kier molecular flexibility index (Phi) is 18.9. The minimum atomic E-state index is 0.335. The quantitative estimate of drug-likeness (QED) is 0.149. The average molecular weight is 1970 g/mol. The summed E-state index contributed by atoms with van der Waals surface area (Å²) in [7, 11) is 0. The Labute approximate surface area is 852 Å². The molecule has 0 fully saturated rings. The van der Waals surface area contributed by atoms with Crippen LogP contribution in [0.2, 0.25) is 15.5 Å². The highest BCUT2D eigenvalue weighted by atomic mass is 35.5. The van der Waals surface area contributed by atoms with Gasteiger partial charge >= 0.3 is 0 Å². The van der Waals surface area contributed by atoms with E-state index >= 15 is 0 Å². The van der Waals surface area contributed by atoms with Gasteiger partial charge in [-0.15, -0.1) is 34.0 Å². The maximum Gasteiger partial charge on any atom is 0.177 e. The van der Waals surface area contributed by atoms with Crippen LogP contribution in [0.1, 0.15) is 0 Å². The summed E-state index contributed by atoms with van der Waals surface area (Å²) in [5.41, 5.74) is 20.2. The molecule has 32 aromatic rings. The van der Waals surface area contributed by atoms with Gasteiger partial charge in [0.15, 0.2) is 44.1 Å². The summed E-state index contributed by atoms with van der Waals surface area (Å²) < 4.78 is 20.8. The zero-order valence-corrected chi connectivity index (χ0v) is 81.4. The maximum absolute atomic E-state index is 7.53. The molecule has 11 heterocycles. The van der Waals surface area contributed by atoms with Gasteiger partial charge in [0.05, 0.1) is 59.2 Å². The van der Waals surface area contributed by atoms with Crippen LogP contribution in [0.4, 0.5) is 0 Å². The van der Waals surface area contributed by atoms with E-state index in [1.165, 1.54) is 99.6 Å². The lowest BCUT2D eigenvalue weighted by atomic mass is 9.98. The Morgan fingerprint density at radius 1 is 0.221 bits per heavy atom. The third kappa shape index (κ3) is 12.6. The fraction of sp³-hybridized carbons (Fsp3) is 0. The molecular formula is C128H71Cl3N10OS3. The lowest BCUT2D eigenvalue weighted by molar-refractivity contribution is 0.675. The molecule has 0 radical (unpaired) electrons. The van der Waals surface area contributed by atoms with Crippen molar-refractivity contribution in [3.8, 4) is 67.1 Å². The smallest absolute Gasteiger partial charge is 0.177 e. The monoisotopic (exact) mass is 1960 g/mol. The van der Waals surface area contributed by atoms with Gasteiger partial charge < -0.3 is 4.42 Å². The first-order valence-electron chi connectivity index (χ1n) is 48.1. The number of rotatable bonds is 8. The van der Waals surface area contributed by atoms with E-state index in [0.29, 0.717) is 38.6 Å². The van der Waals surface area contributed by atoms with E-state index in [0.717, 1.165) is 169 Å². The van der Waals surface area contributed by atoms with Crippen LogP contribution in [0, 0.1) is 0 Å². The molecule has 678 valence electrons. The molecule has 21 aromatic carbocycles. The van der Waals surface area contributed by atoms with E-state index in [2.05, 4.69) is 400 Å². The second kappa shape index (κ2) is 32.9. The van der Waals surface area contributed by atoms with Crippen molar-refractivity contribution in [2.45, 2.75) is 0 Å². The Bertz CT molecular complexity index is 11100. The second-order valence-corrected chi connectivity index (χ2v) is 40.9. The van der Waals surface area contributed by atoms with Crippen molar-refractivity contribution in [2.24, 2.45) is 0 Å². The summed E-state index contributed by atoms with van der Waals surface area (Å²) in [6.45, 7) is 0. The lowest BCUT2D eigenvalue weighted by Crippen LogP contribution is -2.03. The molecule has 0 aliphatic carbocycles. The highest BCUT2D eigenvalue weighted by Crippen LogP contribution is 2.56. The zero-order valence-electron chi connectivity index (χ0n) is 76.7. The number of benzene rings is 21. The summed E-state index contributed by atoms with van der Waals surface area (Å²) >= 11 is 27.2. The molecule has 0 aliphatic rings. The molecule has 32 rings (SSSR count). The van der Waals surface area contributed by atoms with Crippen molar-refractivity contribution in [1.82, 2.24) is 48.2 Å². The fourth-order valence-electron chi connectivity index (χ4n) is 22.9. The summed E-state index contributed by atoms with van der Waals surface area (Å²) in [6, 6.07) is 151. The zero-order chi connectivity index (χ0) is 95.5. The number of hydrogen-bond donors (Lipinski definition) is 0. The molecule has 11 nitrogen and oxygen atoms in total. The normalized spacial score (nSPS) is 12.1. The minimum absolute atomic E-state index is 0.335. The molecular weight excluding hydrogens is 1900 g/mol. The van der Waals surface area contributed by atoms with Crippen LogP contribution in [0.5, 0.6) is 0 Å². The number of aromatic nitrogens is 10. The van der Waals surface area contributed by atoms with Crippen LogP contribution in [-0.4, -0.2) is 48.2 Å². The molecule has 0 bridgehead atoms. The van der Waals surface area contributed by atoms with Gasteiger partial charge in [0.1, 0.15) is 21.4 Å². The molecule has 0 amide bonds. The van der Waals surface area contributed by atoms with Gasteiger partial charge in [0, 0.05) is 101 Å². The first kappa shape index (κ1) is 83.5. The van der Waals surface area contributed by atoms with Gasteiger partial charge in [-0.3, -0.25) is 18.3 Å². The molecule has 0 spiro atoms. The molecule has 17 heteroatoms. The molecule has 0 atom stereocenters. The third-order valence-electron chi connectivity index (χ3n) is 29.0. The highest BCUT2D eigenvalue weighted by Gasteiger charge is 2.33. The summed E-state index contributed by atoms with van der Waals surface area (Å²) in [4.78, 5) is 33.4. The number of thiophene rings is 3. The number of nitrogens with zero attached hydrogens (tertiary/aromatic N) is 10. The van der Waals surface area contributed by atoms with E-state index in [-0.39, 0.29) is 0 Å². The van der Waals surface area contributed by atoms with Crippen molar-refractivity contribution in [3.05, 3.63) is 446 Å². The van der Waals surface area contributed by atoms with Gasteiger partial charge in [-0.2, -0.15) is 0 Å². The van der Waals surface area contributed by atoms with E-state index in [9.17, 15) is 0 Å². The topological polar surface area (TPSA) is 110 Å². The number of hydrogen-bond acceptors (Lipinski definition) is 10. The van der Waals surface area contributed by atoms with Gasteiger partial charge in [-0.1, -0.05) is 417 Å². The van der Waals surface area contributed by atoms with Gasteiger partial charge in [-0.05, 0) is 130 Å². The van der Waals surface area contributed by atoms with Crippen LogP contribution in [0.15, 0.2) is 435 Å².